The molecule has 1 saturated heterocycles. The molecule has 1 heterocycles. The largest absolute Gasteiger partial charge is 0.508 e. The van der Waals surface area contributed by atoms with Gasteiger partial charge in [0, 0.05) is 6.04 Å². The first-order valence-electron chi connectivity index (χ1n) is 5.55. The lowest BCUT2D eigenvalue weighted by Gasteiger charge is -2.18. The maximum Gasteiger partial charge on any atom is 0.266 e. The Morgan fingerprint density at radius 1 is 1.44 bits per heavy atom. The lowest BCUT2D eigenvalue weighted by atomic mass is 10.2. The molecule has 0 radical (unpaired) electrons. The summed E-state index contributed by atoms with van der Waals surface area (Å²) in [6.07, 6.45) is 1.75. The van der Waals surface area contributed by atoms with Crippen LogP contribution in [0, 0.1) is 0 Å². The molecule has 1 aliphatic rings. The number of carbonyl (C=O) groups is 1. The maximum atomic E-state index is 12.1. The van der Waals surface area contributed by atoms with Gasteiger partial charge >= 0.3 is 0 Å². The summed E-state index contributed by atoms with van der Waals surface area (Å²) in [5.41, 5.74) is 0.791. The van der Waals surface area contributed by atoms with Gasteiger partial charge in [-0.05, 0) is 37.6 Å². The quantitative estimate of drug-likeness (QED) is 0.667. The van der Waals surface area contributed by atoms with E-state index in [9.17, 15) is 9.90 Å². The molecule has 3 nitrogen and oxygen atoms in total. The molecule has 1 fully saturated rings. The van der Waals surface area contributed by atoms with Crippen LogP contribution in [0.3, 0.4) is 0 Å². The van der Waals surface area contributed by atoms with Crippen LogP contribution in [0.1, 0.15) is 19.4 Å². The second kappa shape index (κ2) is 5.12. The first-order chi connectivity index (χ1) is 8.49. The third kappa shape index (κ3) is 2.57. The van der Waals surface area contributed by atoms with Gasteiger partial charge in [-0.1, -0.05) is 36.1 Å². The molecule has 1 aromatic carbocycles. The standard InChI is InChI=1S/C13H13NO2S2/c1-8(2)14-12(16)11(18-13(14)17)7-9-4-3-5-10(15)6-9/h3-8,15H,1-2H3. The van der Waals surface area contributed by atoms with Crippen molar-refractivity contribution in [3.05, 3.63) is 34.7 Å². The van der Waals surface area contributed by atoms with Gasteiger partial charge in [-0.2, -0.15) is 0 Å². The zero-order valence-corrected chi connectivity index (χ0v) is 11.7. The van der Waals surface area contributed by atoms with E-state index in [-0.39, 0.29) is 17.7 Å². The average molecular weight is 279 g/mol. The second-order valence-electron chi connectivity index (χ2n) is 4.24. The van der Waals surface area contributed by atoms with Crippen LogP contribution in [0.4, 0.5) is 0 Å². The Morgan fingerprint density at radius 3 is 2.72 bits per heavy atom. The van der Waals surface area contributed by atoms with Gasteiger partial charge in [-0.15, -0.1) is 0 Å². The number of amides is 1. The van der Waals surface area contributed by atoms with Crippen molar-refractivity contribution in [3.8, 4) is 5.75 Å². The number of nitrogens with zero attached hydrogens (tertiary/aromatic N) is 1. The van der Waals surface area contributed by atoms with Crippen LogP contribution in [-0.4, -0.2) is 26.3 Å². The number of phenols is 1. The van der Waals surface area contributed by atoms with Gasteiger partial charge in [-0.25, -0.2) is 0 Å². The van der Waals surface area contributed by atoms with E-state index in [1.807, 2.05) is 19.9 Å². The highest BCUT2D eigenvalue weighted by atomic mass is 32.2. The van der Waals surface area contributed by atoms with E-state index >= 15 is 0 Å². The lowest BCUT2D eigenvalue weighted by Crippen LogP contribution is -2.34. The van der Waals surface area contributed by atoms with Gasteiger partial charge < -0.3 is 5.11 Å². The van der Waals surface area contributed by atoms with Crippen LogP contribution in [0.15, 0.2) is 29.2 Å². The Hall–Kier alpha value is -1.33. The van der Waals surface area contributed by atoms with Crippen molar-refractivity contribution in [3.63, 3.8) is 0 Å². The normalized spacial score (nSPS) is 18.2. The molecule has 94 valence electrons. The van der Waals surface area contributed by atoms with Crippen LogP contribution in [0.5, 0.6) is 5.75 Å². The number of hydrogen-bond acceptors (Lipinski definition) is 4. The highest BCUT2D eigenvalue weighted by Gasteiger charge is 2.33. The third-order valence-electron chi connectivity index (χ3n) is 2.51. The Kier molecular flexibility index (Phi) is 3.73. The summed E-state index contributed by atoms with van der Waals surface area (Å²) in [7, 11) is 0. The third-order valence-corrected chi connectivity index (χ3v) is 3.84. The molecule has 0 atom stereocenters. The van der Waals surface area contributed by atoms with Crippen molar-refractivity contribution in [1.82, 2.24) is 4.90 Å². The summed E-state index contributed by atoms with van der Waals surface area (Å²) >= 11 is 6.49. The van der Waals surface area contributed by atoms with Crippen molar-refractivity contribution < 1.29 is 9.90 Å². The van der Waals surface area contributed by atoms with Crippen molar-refractivity contribution in [2.24, 2.45) is 0 Å². The number of benzene rings is 1. The molecule has 1 amide bonds. The van der Waals surface area contributed by atoms with Crippen molar-refractivity contribution in [1.29, 1.82) is 0 Å². The van der Waals surface area contributed by atoms with E-state index in [1.54, 1.807) is 29.2 Å². The molecule has 0 saturated carbocycles. The van der Waals surface area contributed by atoms with Gasteiger partial charge in [0.05, 0.1) is 4.91 Å². The predicted molar refractivity (Wildman–Crippen MR) is 78.3 cm³/mol. The Morgan fingerprint density at radius 2 is 2.17 bits per heavy atom. The van der Waals surface area contributed by atoms with Crippen molar-refractivity contribution in [2.45, 2.75) is 19.9 Å². The van der Waals surface area contributed by atoms with E-state index < -0.39 is 0 Å². The van der Waals surface area contributed by atoms with Crippen LogP contribution in [0.25, 0.3) is 6.08 Å². The molecule has 1 N–H and O–H groups in total. The number of hydrogen-bond donors (Lipinski definition) is 1. The van der Waals surface area contributed by atoms with E-state index in [0.717, 1.165) is 5.56 Å². The topological polar surface area (TPSA) is 40.5 Å². The summed E-state index contributed by atoms with van der Waals surface area (Å²) in [6, 6.07) is 6.84. The zero-order chi connectivity index (χ0) is 13.3. The molecule has 0 unspecified atom stereocenters. The van der Waals surface area contributed by atoms with Gasteiger partial charge in [0.25, 0.3) is 5.91 Å². The molecule has 0 aromatic heterocycles. The number of aromatic hydroxyl groups is 1. The molecule has 0 aliphatic carbocycles. The fourth-order valence-electron chi connectivity index (χ4n) is 1.69. The number of thioether (sulfide) groups is 1. The zero-order valence-electron chi connectivity index (χ0n) is 10.1. The van der Waals surface area contributed by atoms with Crippen LogP contribution < -0.4 is 0 Å². The predicted octanol–water partition coefficient (Wildman–Crippen LogP) is 3.00. The van der Waals surface area contributed by atoms with Gasteiger partial charge in [-0.3, -0.25) is 9.69 Å². The summed E-state index contributed by atoms with van der Waals surface area (Å²) in [5.74, 6) is 0.117. The van der Waals surface area contributed by atoms with E-state index in [1.165, 1.54) is 11.8 Å². The number of carbonyl (C=O) groups excluding carboxylic acids is 1. The minimum absolute atomic E-state index is 0.0626. The smallest absolute Gasteiger partial charge is 0.266 e. The first-order valence-corrected chi connectivity index (χ1v) is 6.77. The van der Waals surface area contributed by atoms with Gasteiger partial charge in [0.2, 0.25) is 0 Å². The summed E-state index contributed by atoms with van der Waals surface area (Å²) in [4.78, 5) is 14.3. The van der Waals surface area contributed by atoms with Crippen LogP contribution in [0.2, 0.25) is 0 Å². The van der Waals surface area contributed by atoms with Crippen molar-refractivity contribution >= 4 is 40.3 Å². The Labute approximate surface area is 115 Å². The average Bonchev–Trinajstić information content (AvgIpc) is 2.54. The molecule has 0 bridgehead atoms. The van der Waals surface area contributed by atoms with Gasteiger partial charge in [0.15, 0.2) is 0 Å². The Bertz CT molecular complexity index is 538. The molecular weight excluding hydrogens is 266 g/mol. The minimum Gasteiger partial charge on any atom is -0.508 e. The molecule has 2 rings (SSSR count). The molecule has 1 aromatic rings. The SMILES string of the molecule is CC(C)N1C(=O)C(=Cc2cccc(O)c2)SC1=S. The number of phenolic OH excluding ortho intramolecular Hbond substituents is 1. The second-order valence-corrected chi connectivity index (χ2v) is 5.92. The van der Waals surface area contributed by atoms with E-state index in [4.69, 9.17) is 12.2 Å². The van der Waals surface area contributed by atoms with Crippen LogP contribution >= 0.6 is 24.0 Å². The monoisotopic (exact) mass is 279 g/mol. The minimum atomic E-state index is -0.0663. The molecular formula is C13H13NO2S2. The highest BCUT2D eigenvalue weighted by molar-refractivity contribution is 8.26. The molecule has 18 heavy (non-hydrogen) atoms. The maximum absolute atomic E-state index is 12.1. The molecule has 5 heteroatoms. The van der Waals surface area contributed by atoms with Crippen molar-refractivity contribution in [2.75, 3.05) is 0 Å². The van der Waals surface area contributed by atoms with E-state index in [0.29, 0.717) is 9.23 Å². The van der Waals surface area contributed by atoms with Crippen LogP contribution in [-0.2, 0) is 4.79 Å². The first kappa shape index (κ1) is 13.1. The number of thiocarbonyl (C=S) groups is 1. The summed E-state index contributed by atoms with van der Waals surface area (Å²) in [5, 5.41) is 9.39. The van der Waals surface area contributed by atoms with Gasteiger partial charge in [0.1, 0.15) is 10.1 Å². The summed E-state index contributed by atoms with van der Waals surface area (Å²) in [6.45, 7) is 3.87. The highest BCUT2D eigenvalue weighted by Crippen LogP contribution is 2.34. The fourth-order valence-corrected chi connectivity index (χ4v) is 3.21. The molecule has 1 aliphatic heterocycles. The summed E-state index contributed by atoms with van der Waals surface area (Å²) < 4.78 is 0.585. The van der Waals surface area contributed by atoms with E-state index in [2.05, 4.69) is 0 Å². The Balaban J connectivity index is 2.31. The lowest BCUT2D eigenvalue weighted by molar-refractivity contribution is -0.123. The fraction of sp³-hybridized carbons (Fsp3) is 0.231. The number of rotatable bonds is 2. The molecule has 0 spiro atoms.